The van der Waals surface area contributed by atoms with E-state index in [9.17, 15) is 23.1 Å². The topological polar surface area (TPSA) is 61.8 Å². The van der Waals surface area contributed by atoms with Gasteiger partial charge in [-0.05, 0) is 43.7 Å². The molecule has 1 amide bonds. The summed E-state index contributed by atoms with van der Waals surface area (Å²) >= 11 is 0. The molecule has 25 heavy (non-hydrogen) atoms. The van der Waals surface area contributed by atoms with Gasteiger partial charge in [-0.3, -0.25) is 4.79 Å². The largest absolute Gasteiger partial charge is 0.491 e. The number of amides is 1. The van der Waals surface area contributed by atoms with Crippen LogP contribution in [0.25, 0.3) is 0 Å². The minimum atomic E-state index is -4.39. The average molecular weight is 360 g/mol. The molecule has 0 saturated carbocycles. The number of likely N-dealkylation sites (N-methyl/N-ethyl adjacent to an activating group) is 1. The van der Waals surface area contributed by atoms with Gasteiger partial charge in [-0.1, -0.05) is 0 Å². The maximum absolute atomic E-state index is 12.5. The van der Waals surface area contributed by atoms with Crippen LogP contribution >= 0.6 is 0 Å². The number of hydrogen-bond donors (Lipinski definition) is 2. The van der Waals surface area contributed by atoms with E-state index in [4.69, 9.17) is 4.74 Å². The lowest BCUT2D eigenvalue weighted by Gasteiger charge is -2.28. The third-order valence-corrected chi connectivity index (χ3v) is 4.13. The highest BCUT2D eigenvalue weighted by atomic mass is 19.4. The average Bonchev–Trinajstić information content (AvgIpc) is 2.59. The van der Waals surface area contributed by atoms with Gasteiger partial charge < -0.3 is 20.1 Å². The second kappa shape index (κ2) is 8.53. The van der Waals surface area contributed by atoms with Crippen LogP contribution in [0.15, 0.2) is 24.3 Å². The molecule has 0 spiro atoms. The molecule has 8 heteroatoms. The summed E-state index contributed by atoms with van der Waals surface area (Å²) < 4.78 is 42.7. The molecule has 0 bridgehead atoms. The van der Waals surface area contributed by atoms with Gasteiger partial charge in [-0.15, -0.1) is 0 Å². The van der Waals surface area contributed by atoms with Crippen LogP contribution in [-0.2, 0) is 11.0 Å². The predicted octanol–water partition coefficient (Wildman–Crippen LogP) is 1.90. The smallest absolute Gasteiger partial charge is 0.416 e. The van der Waals surface area contributed by atoms with Gasteiger partial charge >= 0.3 is 6.18 Å². The standard InChI is InChI=1S/C17H23F3N2O3/c1-22(16(24)12-3-2-8-21-9-12)10-14(23)11-25-15-6-4-13(5-7-15)17(18,19)20/h4-7,12,14,21,23H,2-3,8-11H2,1H3. The molecule has 1 fully saturated rings. The van der Waals surface area contributed by atoms with Crippen molar-refractivity contribution >= 4 is 5.91 Å². The van der Waals surface area contributed by atoms with Crippen LogP contribution < -0.4 is 10.1 Å². The first-order chi connectivity index (χ1) is 11.8. The van der Waals surface area contributed by atoms with Crippen molar-refractivity contribution < 1.29 is 27.8 Å². The van der Waals surface area contributed by atoms with Crippen molar-refractivity contribution in [1.82, 2.24) is 10.2 Å². The van der Waals surface area contributed by atoms with Crippen LogP contribution in [0.5, 0.6) is 5.75 Å². The Labute approximate surface area is 144 Å². The third-order valence-electron chi connectivity index (χ3n) is 4.13. The molecule has 1 aliphatic heterocycles. The number of nitrogens with zero attached hydrogens (tertiary/aromatic N) is 1. The number of ether oxygens (including phenoxy) is 1. The van der Waals surface area contributed by atoms with Crippen LogP contribution in [0.3, 0.4) is 0 Å². The molecular weight excluding hydrogens is 337 g/mol. The van der Waals surface area contributed by atoms with Crippen LogP contribution in [0, 0.1) is 5.92 Å². The zero-order valence-electron chi connectivity index (χ0n) is 14.1. The molecule has 2 rings (SSSR count). The number of hydrogen-bond acceptors (Lipinski definition) is 4. The fourth-order valence-corrected chi connectivity index (χ4v) is 2.77. The highest BCUT2D eigenvalue weighted by Crippen LogP contribution is 2.30. The van der Waals surface area contributed by atoms with Gasteiger partial charge in [0.1, 0.15) is 18.5 Å². The SMILES string of the molecule is CN(CC(O)COc1ccc(C(F)(F)F)cc1)C(=O)C1CCCNC1. The van der Waals surface area contributed by atoms with Crippen LogP contribution in [0.2, 0.25) is 0 Å². The van der Waals surface area contributed by atoms with E-state index in [1.54, 1.807) is 7.05 Å². The van der Waals surface area contributed by atoms with Crippen molar-refractivity contribution in [3.8, 4) is 5.75 Å². The molecule has 2 N–H and O–H groups in total. The fraction of sp³-hybridized carbons (Fsp3) is 0.588. The second-order valence-corrected chi connectivity index (χ2v) is 6.25. The van der Waals surface area contributed by atoms with Crippen molar-refractivity contribution in [2.45, 2.75) is 25.1 Å². The van der Waals surface area contributed by atoms with E-state index in [-0.39, 0.29) is 30.7 Å². The number of aliphatic hydroxyl groups is 1. The fourth-order valence-electron chi connectivity index (χ4n) is 2.77. The Bertz CT molecular complexity index is 557. The monoisotopic (exact) mass is 360 g/mol. The third kappa shape index (κ3) is 5.89. The molecular formula is C17H23F3N2O3. The number of piperidine rings is 1. The maximum Gasteiger partial charge on any atom is 0.416 e. The summed E-state index contributed by atoms with van der Waals surface area (Å²) in [5, 5.41) is 13.2. The zero-order chi connectivity index (χ0) is 18.4. The lowest BCUT2D eigenvalue weighted by molar-refractivity contribution is -0.137. The van der Waals surface area contributed by atoms with Crippen molar-refractivity contribution in [2.24, 2.45) is 5.92 Å². The van der Waals surface area contributed by atoms with Crippen LogP contribution in [0.4, 0.5) is 13.2 Å². The van der Waals surface area contributed by atoms with E-state index in [1.165, 1.54) is 17.0 Å². The summed E-state index contributed by atoms with van der Waals surface area (Å²) in [7, 11) is 1.62. The number of benzene rings is 1. The van der Waals surface area contributed by atoms with Gasteiger partial charge in [-0.2, -0.15) is 13.2 Å². The first-order valence-corrected chi connectivity index (χ1v) is 8.21. The van der Waals surface area contributed by atoms with Gasteiger partial charge in [0.25, 0.3) is 0 Å². The summed E-state index contributed by atoms with van der Waals surface area (Å²) in [6.45, 7) is 1.56. The number of carbonyl (C=O) groups excluding carboxylic acids is 1. The first-order valence-electron chi connectivity index (χ1n) is 8.21. The van der Waals surface area contributed by atoms with Gasteiger partial charge in [0.2, 0.25) is 5.91 Å². The molecule has 5 nitrogen and oxygen atoms in total. The van der Waals surface area contributed by atoms with Crippen LogP contribution in [-0.4, -0.2) is 55.3 Å². The summed E-state index contributed by atoms with van der Waals surface area (Å²) in [6.07, 6.45) is -3.54. The Morgan fingerprint density at radius 3 is 2.64 bits per heavy atom. The Hall–Kier alpha value is -1.80. The van der Waals surface area contributed by atoms with Crippen LogP contribution in [0.1, 0.15) is 18.4 Å². The molecule has 140 valence electrons. The number of rotatable bonds is 6. The molecule has 1 heterocycles. The second-order valence-electron chi connectivity index (χ2n) is 6.25. The molecule has 0 radical (unpaired) electrons. The summed E-state index contributed by atoms with van der Waals surface area (Å²) in [5.74, 6) is 0.125. The van der Waals surface area contributed by atoms with Crippen molar-refractivity contribution in [3.63, 3.8) is 0 Å². The Kier molecular flexibility index (Phi) is 6.66. The summed E-state index contributed by atoms with van der Waals surface area (Å²) in [6, 6.07) is 4.26. The Morgan fingerprint density at radius 2 is 2.08 bits per heavy atom. The molecule has 1 aliphatic rings. The van der Waals surface area contributed by atoms with Gasteiger partial charge in [0.15, 0.2) is 0 Å². The Balaban J connectivity index is 1.77. The number of aliphatic hydroxyl groups excluding tert-OH is 1. The normalized spacial score (nSPS) is 19.3. The van der Waals surface area contributed by atoms with Crippen molar-refractivity contribution in [1.29, 1.82) is 0 Å². The van der Waals surface area contributed by atoms with E-state index in [0.29, 0.717) is 6.54 Å². The number of alkyl halides is 3. The molecule has 1 aromatic rings. The van der Waals surface area contributed by atoms with E-state index in [1.807, 2.05) is 0 Å². The quantitative estimate of drug-likeness (QED) is 0.814. The molecule has 0 aromatic heterocycles. The van der Waals surface area contributed by atoms with Gasteiger partial charge in [-0.25, -0.2) is 0 Å². The summed E-state index contributed by atoms with van der Waals surface area (Å²) in [4.78, 5) is 13.7. The summed E-state index contributed by atoms with van der Waals surface area (Å²) in [5.41, 5.74) is -0.758. The molecule has 2 atom stereocenters. The molecule has 0 aliphatic carbocycles. The molecule has 2 unspecified atom stereocenters. The Morgan fingerprint density at radius 1 is 1.40 bits per heavy atom. The van der Waals surface area contributed by atoms with Crippen molar-refractivity contribution in [2.75, 3.05) is 33.3 Å². The van der Waals surface area contributed by atoms with E-state index < -0.39 is 17.8 Å². The maximum atomic E-state index is 12.5. The van der Waals surface area contributed by atoms with E-state index in [0.717, 1.165) is 31.5 Å². The number of carbonyl (C=O) groups is 1. The predicted molar refractivity (Wildman–Crippen MR) is 86.2 cm³/mol. The highest BCUT2D eigenvalue weighted by Gasteiger charge is 2.30. The molecule has 1 saturated heterocycles. The lowest BCUT2D eigenvalue weighted by Crippen LogP contribution is -2.44. The van der Waals surface area contributed by atoms with Crippen molar-refractivity contribution in [3.05, 3.63) is 29.8 Å². The molecule has 1 aromatic carbocycles. The zero-order valence-corrected chi connectivity index (χ0v) is 14.1. The highest BCUT2D eigenvalue weighted by molar-refractivity contribution is 5.78. The van der Waals surface area contributed by atoms with Gasteiger partial charge in [0.05, 0.1) is 11.5 Å². The number of halogens is 3. The van der Waals surface area contributed by atoms with E-state index >= 15 is 0 Å². The first kappa shape index (κ1) is 19.5. The minimum absolute atomic E-state index is 0.0271. The van der Waals surface area contributed by atoms with E-state index in [2.05, 4.69) is 5.32 Å². The lowest BCUT2D eigenvalue weighted by atomic mass is 9.98. The minimum Gasteiger partial charge on any atom is -0.491 e. The van der Waals surface area contributed by atoms with Gasteiger partial charge in [0, 0.05) is 20.1 Å². The number of nitrogens with one attached hydrogen (secondary N) is 1.